The van der Waals surface area contributed by atoms with Crippen molar-refractivity contribution in [2.24, 2.45) is 0 Å². The van der Waals surface area contributed by atoms with E-state index in [1.165, 1.54) is 12.3 Å². The summed E-state index contributed by atoms with van der Waals surface area (Å²) in [5.74, 6) is 0. The standard InChI is InChI=1S/C8H4NO3/c10-9(11)7-3-1-2-6-4-5-12-8(6)7/h1-3,5H. The van der Waals surface area contributed by atoms with E-state index in [1.54, 1.807) is 12.1 Å². The fraction of sp³-hybridized carbons (Fsp3) is 0. The van der Waals surface area contributed by atoms with E-state index in [1.807, 2.05) is 0 Å². The number of hydrogen-bond acceptors (Lipinski definition) is 3. The molecule has 1 aromatic carbocycles. The van der Waals surface area contributed by atoms with Crippen LogP contribution >= 0.6 is 0 Å². The molecule has 0 fully saturated rings. The molecule has 0 aliphatic rings. The van der Waals surface area contributed by atoms with Crippen LogP contribution < -0.4 is 0 Å². The summed E-state index contributed by atoms with van der Waals surface area (Å²) in [5.41, 5.74) is 0.260. The molecule has 0 unspecified atom stereocenters. The van der Waals surface area contributed by atoms with E-state index in [9.17, 15) is 10.1 Å². The van der Waals surface area contributed by atoms with Gasteiger partial charge in [-0.1, -0.05) is 6.07 Å². The smallest absolute Gasteiger partial charge is 0.312 e. The normalized spacial score (nSPS) is 10.3. The molecule has 2 aromatic rings. The quantitative estimate of drug-likeness (QED) is 0.476. The molecule has 12 heavy (non-hydrogen) atoms. The molecule has 2 rings (SSSR count). The highest BCUT2D eigenvalue weighted by atomic mass is 16.6. The van der Waals surface area contributed by atoms with Crippen molar-refractivity contribution >= 4 is 16.7 Å². The number of para-hydroxylation sites is 1. The van der Waals surface area contributed by atoms with Crippen molar-refractivity contribution in [3.63, 3.8) is 0 Å². The second kappa shape index (κ2) is 2.34. The van der Waals surface area contributed by atoms with E-state index in [0.29, 0.717) is 5.39 Å². The van der Waals surface area contributed by atoms with Crippen molar-refractivity contribution in [1.29, 1.82) is 0 Å². The van der Waals surface area contributed by atoms with Gasteiger partial charge in [0.05, 0.1) is 4.92 Å². The van der Waals surface area contributed by atoms with E-state index in [0.717, 1.165) is 0 Å². The number of hydrogen-bond donors (Lipinski definition) is 0. The first kappa shape index (κ1) is 6.84. The Morgan fingerprint density at radius 1 is 1.50 bits per heavy atom. The summed E-state index contributed by atoms with van der Waals surface area (Å²) in [6.07, 6.45) is 1.32. The molecule has 1 heterocycles. The van der Waals surface area contributed by atoms with Crippen LogP contribution in [0.1, 0.15) is 0 Å². The molecule has 4 nitrogen and oxygen atoms in total. The van der Waals surface area contributed by atoms with Crippen LogP contribution in [0.15, 0.2) is 28.9 Å². The largest absolute Gasteiger partial charge is 0.456 e. The Balaban J connectivity index is 2.82. The maximum absolute atomic E-state index is 10.4. The topological polar surface area (TPSA) is 56.3 Å². The highest BCUT2D eigenvalue weighted by Gasteiger charge is 2.13. The summed E-state index contributed by atoms with van der Waals surface area (Å²) in [5, 5.41) is 11.1. The molecule has 0 atom stereocenters. The van der Waals surface area contributed by atoms with Gasteiger partial charge in [0.25, 0.3) is 0 Å². The molecule has 0 amide bonds. The molecule has 1 radical (unpaired) electrons. The number of non-ortho nitro benzene ring substituents is 1. The van der Waals surface area contributed by atoms with E-state index < -0.39 is 4.92 Å². The minimum atomic E-state index is -0.473. The Labute approximate surface area is 67.6 Å². The first-order valence-electron chi connectivity index (χ1n) is 3.31. The highest BCUT2D eigenvalue weighted by Crippen LogP contribution is 2.24. The van der Waals surface area contributed by atoms with Crippen molar-refractivity contribution in [1.82, 2.24) is 0 Å². The first-order chi connectivity index (χ1) is 5.79. The number of nitrogens with zero attached hydrogens (tertiary/aromatic N) is 1. The van der Waals surface area contributed by atoms with E-state index in [4.69, 9.17) is 4.42 Å². The zero-order chi connectivity index (χ0) is 8.55. The second-order valence-electron chi connectivity index (χ2n) is 2.29. The van der Waals surface area contributed by atoms with E-state index >= 15 is 0 Å². The lowest BCUT2D eigenvalue weighted by atomic mass is 10.2. The molecule has 0 bridgehead atoms. The summed E-state index contributed by atoms with van der Waals surface area (Å²) in [7, 11) is 0. The Morgan fingerprint density at radius 2 is 2.33 bits per heavy atom. The molecule has 0 saturated heterocycles. The SMILES string of the molecule is O=[N+]([O-])c1cccc2[c]coc12. The number of nitro groups is 1. The number of benzene rings is 1. The summed E-state index contributed by atoms with van der Waals surface area (Å²) in [4.78, 5) is 9.97. The third-order valence-corrected chi connectivity index (χ3v) is 1.58. The van der Waals surface area contributed by atoms with Crippen LogP contribution in [0, 0.1) is 16.2 Å². The van der Waals surface area contributed by atoms with Gasteiger partial charge < -0.3 is 4.42 Å². The number of furan rings is 1. The summed E-state index contributed by atoms with van der Waals surface area (Å²) < 4.78 is 4.91. The lowest BCUT2D eigenvalue weighted by Gasteiger charge is -1.90. The number of rotatable bonds is 1. The van der Waals surface area contributed by atoms with Gasteiger partial charge in [-0.25, -0.2) is 0 Å². The van der Waals surface area contributed by atoms with Gasteiger partial charge in [0, 0.05) is 17.5 Å². The Hall–Kier alpha value is -1.84. The first-order valence-corrected chi connectivity index (χ1v) is 3.31. The Bertz CT molecular complexity index is 433. The molecule has 0 aliphatic heterocycles. The highest BCUT2D eigenvalue weighted by molar-refractivity contribution is 5.84. The van der Waals surface area contributed by atoms with Crippen LogP contribution in [0.3, 0.4) is 0 Å². The fourth-order valence-electron chi connectivity index (χ4n) is 1.06. The predicted octanol–water partition coefficient (Wildman–Crippen LogP) is 2.14. The molecular weight excluding hydrogens is 158 g/mol. The van der Waals surface area contributed by atoms with Crippen LogP contribution in [0.5, 0.6) is 0 Å². The van der Waals surface area contributed by atoms with Gasteiger partial charge in [0.1, 0.15) is 6.26 Å². The lowest BCUT2D eigenvalue weighted by Crippen LogP contribution is -1.86. The Morgan fingerprint density at radius 3 is 3.08 bits per heavy atom. The molecule has 59 valence electrons. The number of nitro benzene ring substituents is 1. The minimum Gasteiger partial charge on any atom is -0.456 e. The molecule has 0 aliphatic carbocycles. The van der Waals surface area contributed by atoms with Crippen LogP contribution in [0.4, 0.5) is 5.69 Å². The van der Waals surface area contributed by atoms with Crippen LogP contribution in [0.2, 0.25) is 0 Å². The monoisotopic (exact) mass is 162 g/mol. The fourth-order valence-corrected chi connectivity index (χ4v) is 1.06. The molecule has 4 heteroatoms. The molecule has 1 aromatic heterocycles. The third-order valence-electron chi connectivity index (χ3n) is 1.58. The van der Waals surface area contributed by atoms with Gasteiger partial charge in [-0.3, -0.25) is 10.1 Å². The van der Waals surface area contributed by atoms with Gasteiger partial charge in [-0.2, -0.15) is 0 Å². The maximum atomic E-state index is 10.4. The zero-order valence-corrected chi connectivity index (χ0v) is 5.98. The van der Waals surface area contributed by atoms with Crippen molar-refractivity contribution in [3.8, 4) is 0 Å². The second-order valence-corrected chi connectivity index (χ2v) is 2.29. The summed E-state index contributed by atoms with van der Waals surface area (Å²) >= 11 is 0. The van der Waals surface area contributed by atoms with Crippen molar-refractivity contribution < 1.29 is 9.34 Å². The maximum Gasteiger partial charge on any atom is 0.312 e. The van der Waals surface area contributed by atoms with Gasteiger partial charge in [0.15, 0.2) is 0 Å². The van der Waals surface area contributed by atoms with Crippen molar-refractivity contribution in [2.45, 2.75) is 0 Å². The van der Waals surface area contributed by atoms with Crippen LogP contribution in [0.25, 0.3) is 11.0 Å². The lowest BCUT2D eigenvalue weighted by molar-refractivity contribution is -0.383. The van der Waals surface area contributed by atoms with Gasteiger partial charge in [-0.15, -0.1) is 0 Å². The predicted molar refractivity (Wildman–Crippen MR) is 41.7 cm³/mol. The van der Waals surface area contributed by atoms with Crippen LogP contribution in [-0.2, 0) is 0 Å². The summed E-state index contributed by atoms with van der Waals surface area (Å²) in [6, 6.07) is 7.46. The zero-order valence-electron chi connectivity index (χ0n) is 5.98. The van der Waals surface area contributed by atoms with Crippen molar-refractivity contribution in [3.05, 3.63) is 40.6 Å². The average molecular weight is 162 g/mol. The van der Waals surface area contributed by atoms with Gasteiger partial charge >= 0.3 is 5.69 Å². The molecule has 0 saturated carbocycles. The average Bonchev–Trinajstić information content (AvgIpc) is 2.49. The minimum absolute atomic E-state index is 0.0197. The van der Waals surface area contributed by atoms with Gasteiger partial charge in [0.2, 0.25) is 5.58 Å². The number of fused-ring (bicyclic) bond motifs is 1. The summed E-state index contributed by atoms with van der Waals surface area (Å²) in [6.45, 7) is 0. The molecule has 0 spiro atoms. The molecular formula is C8H4NO3. The third kappa shape index (κ3) is 0.852. The van der Waals surface area contributed by atoms with E-state index in [2.05, 4.69) is 6.07 Å². The van der Waals surface area contributed by atoms with Crippen LogP contribution in [-0.4, -0.2) is 4.92 Å². The Kier molecular flexibility index (Phi) is 1.33. The van der Waals surface area contributed by atoms with E-state index in [-0.39, 0.29) is 11.3 Å². The molecule has 0 N–H and O–H groups in total. The van der Waals surface area contributed by atoms with Crippen molar-refractivity contribution in [2.75, 3.05) is 0 Å². The van der Waals surface area contributed by atoms with Gasteiger partial charge in [-0.05, 0) is 6.07 Å².